The van der Waals surface area contributed by atoms with Gasteiger partial charge in [-0.25, -0.2) is 8.42 Å². The Labute approximate surface area is 64.3 Å². The Kier molecular flexibility index (Phi) is 2.18. The average Bonchev–Trinajstić information content (AvgIpc) is 2.06. The van der Waals surface area contributed by atoms with Crippen LogP contribution in [0.4, 0.5) is 0 Å². The maximum atomic E-state index is 10.9. The van der Waals surface area contributed by atoms with E-state index in [0.29, 0.717) is 0 Å². The first-order valence-electron chi connectivity index (χ1n) is 2.79. The molecule has 0 aliphatic carbocycles. The molecule has 0 radical (unpaired) electrons. The van der Waals surface area contributed by atoms with Gasteiger partial charge in [-0.15, -0.1) is 0 Å². The van der Waals surface area contributed by atoms with E-state index in [4.69, 9.17) is 5.84 Å². The highest BCUT2D eigenvalue weighted by atomic mass is 32.2. The van der Waals surface area contributed by atoms with Crippen molar-refractivity contribution in [2.24, 2.45) is 5.84 Å². The Morgan fingerprint density at radius 2 is 1.91 bits per heavy atom. The molecule has 0 bridgehead atoms. The molecule has 0 aliphatic rings. The van der Waals surface area contributed by atoms with E-state index >= 15 is 0 Å². The van der Waals surface area contributed by atoms with E-state index in [0.717, 1.165) is 0 Å². The molecule has 1 heterocycles. The van der Waals surface area contributed by atoms with Crippen molar-refractivity contribution in [1.82, 2.24) is 9.82 Å². The van der Waals surface area contributed by atoms with E-state index in [9.17, 15) is 8.42 Å². The Bertz CT molecular complexity index is 321. The van der Waals surface area contributed by atoms with Gasteiger partial charge in [0.1, 0.15) is 0 Å². The summed E-state index contributed by atoms with van der Waals surface area (Å²) in [6.45, 7) is 0. The molecule has 60 valence electrons. The monoisotopic (exact) mass is 173 g/mol. The highest BCUT2D eigenvalue weighted by Crippen LogP contribution is 2.03. The summed E-state index contributed by atoms with van der Waals surface area (Å²) in [4.78, 5) is 5.47. The van der Waals surface area contributed by atoms with Crippen LogP contribution < -0.4 is 10.7 Å². The minimum atomic E-state index is -3.51. The molecule has 5 nitrogen and oxygen atoms in total. The number of pyridine rings is 1. The van der Waals surface area contributed by atoms with Gasteiger partial charge in [0.2, 0.25) is 0 Å². The fourth-order valence-electron chi connectivity index (χ4n) is 0.585. The van der Waals surface area contributed by atoms with E-state index in [1.165, 1.54) is 24.5 Å². The van der Waals surface area contributed by atoms with Gasteiger partial charge in [0.15, 0.2) is 0 Å². The van der Waals surface area contributed by atoms with Gasteiger partial charge < -0.3 is 0 Å². The highest BCUT2D eigenvalue weighted by molar-refractivity contribution is 7.89. The van der Waals surface area contributed by atoms with Crippen LogP contribution in [0.2, 0.25) is 0 Å². The Morgan fingerprint density at radius 3 is 2.36 bits per heavy atom. The van der Waals surface area contributed by atoms with E-state index < -0.39 is 10.0 Å². The largest absolute Gasteiger partial charge is 0.265 e. The molecule has 0 saturated heterocycles. The second-order valence-corrected chi connectivity index (χ2v) is 3.52. The van der Waals surface area contributed by atoms with Crippen LogP contribution in [0.5, 0.6) is 0 Å². The number of hydrogen-bond acceptors (Lipinski definition) is 4. The highest BCUT2D eigenvalue weighted by Gasteiger charge is 2.09. The average molecular weight is 173 g/mol. The quantitative estimate of drug-likeness (QED) is 0.454. The van der Waals surface area contributed by atoms with Crippen LogP contribution in [0, 0.1) is 0 Å². The third-order valence-corrected chi connectivity index (χ3v) is 2.32. The molecule has 6 heteroatoms. The number of nitrogens with one attached hydrogen (secondary N) is 1. The molecule has 3 N–H and O–H groups in total. The zero-order valence-electron chi connectivity index (χ0n) is 5.56. The molecule has 11 heavy (non-hydrogen) atoms. The maximum absolute atomic E-state index is 10.9. The fourth-order valence-corrected chi connectivity index (χ4v) is 1.20. The summed E-state index contributed by atoms with van der Waals surface area (Å²) in [6.07, 6.45) is 2.76. The van der Waals surface area contributed by atoms with Crippen molar-refractivity contribution in [3.8, 4) is 0 Å². The number of hydrogen-bond donors (Lipinski definition) is 2. The summed E-state index contributed by atoms with van der Waals surface area (Å²) in [7, 11) is -3.51. The summed E-state index contributed by atoms with van der Waals surface area (Å²) in [5.41, 5.74) is 0. The predicted molar refractivity (Wildman–Crippen MR) is 38.7 cm³/mol. The molecule has 0 spiro atoms. The number of sulfonamides is 1. The van der Waals surface area contributed by atoms with Gasteiger partial charge in [0.05, 0.1) is 4.90 Å². The number of rotatable bonds is 2. The minimum Gasteiger partial charge on any atom is -0.265 e. The lowest BCUT2D eigenvalue weighted by atomic mass is 10.5. The van der Waals surface area contributed by atoms with Crippen LogP contribution in [0.1, 0.15) is 0 Å². The van der Waals surface area contributed by atoms with Crippen molar-refractivity contribution in [2.45, 2.75) is 4.90 Å². The normalized spacial score (nSPS) is 11.4. The molecule has 0 unspecified atom stereocenters. The number of aromatic nitrogens is 1. The van der Waals surface area contributed by atoms with Gasteiger partial charge in [-0.05, 0) is 12.1 Å². The summed E-state index contributed by atoms with van der Waals surface area (Å²) < 4.78 is 21.9. The van der Waals surface area contributed by atoms with Gasteiger partial charge in [-0.3, -0.25) is 10.8 Å². The van der Waals surface area contributed by atoms with Gasteiger partial charge in [-0.2, -0.15) is 4.83 Å². The van der Waals surface area contributed by atoms with Crippen molar-refractivity contribution in [3.05, 3.63) is 24.5 Å². The van der Waals surface area contributed by atoms with Crippen LogP contribution in [0.25, 0.3) is 0 Å². The SMILES string of the molecule is NNS(=O)(=O)c1ccncc1. The van der Waals surface area contributed by atoms with Crippen LogP contribution in [0.15, 0.2) is 29.4 Å². The lowest BCUT2D eigenvalue weighted by Gasteiger charge is -1.98. The molecule has 0 aromatic carbocycles. The molecule has 0 amide bonds. The number of hydrazine groups is 1. The maximum Gasteiger partial charge on any atom is 0.253 e. The molecule has 0 atom stereocenters. The van der Waals surface area contributed by atoms with Gasteiger partial charge >= 0.3 is 0 Å². The number of nitrogens with two attached hydrogens (primary N) is 1. The second-order valence-electron chi connectivity index (χ2n) is 1.80. The first kappa shape index (κ1) is 8.12. The minimum absolute atomic E-state index is 0.106. The van der Waals surface area contributed by atoms with Crippen LogP contribution in [-0.4, -0.2) is 13.4 Å². The standard InChI is InChI=1S/C5H7N3O2S/c6-8-11(9,10)5-1-3-7-4-2-5/h1-4,8H,6H2. The van der Waals surface area contributed by atoms with Crippen molar-refractivity contribution < 1.29 is 8.42 Å². The second kappa shape index (κ2) is 2.95. The van der Waals surface area contributed by atoms with Crippen molar-refractivity contribution in [1.29, 1.82) is 0 Å². The summed E-state index contributed by atoms with van der Waals surface area (Å²) in [5.74, 6) is 4.78. The fraction of sp³-hybridized carbons (Fsp3) is 0. The zero-order chi connectivity index (χ0) is 8.32. The van der Waals surface area contributed by atoms with Gasteiger partial charge in [0.25, 0.3) is 10.0 Å². The third kappa shape index (κ3) is 1.73. The Hall–Kier alpha value is -0.980. The molecule has 1 aromatic heterocycles. The lowest BCUT2D eigenvalue weighted by Crippen LogP contribution is -2.30. The molecule has 0 saturated carbocycles. The summed E-state index contributed by atoms with van der Waals surface area (Å²) >= 11 is 0. The van der Waals surface area contributed by atoms with E-state index in [2.05, 4.69) is 4.98 Å². The van der Waals surface area contributed by atoms with E-state index in [-0.39, 0.29) is 4.90 Å². The van der Waals surface area contributed by atoms with Crippen LogP contribution >= 0.6 is 0 Å². The molecule has 1 aromatic rings. The van der Waals surface area contributed by atoms with Gasteiger partial charge in [0, 0.05) is 12.4 Å². The van der Waals surface area contributed by atoms with Crippen molar-refractivity contribution in [2.75, 3.05) is 0 Å². The Balaban J connectivity index is 3.14. The molecular weight excluding hydrogens is 166 g/mol. The summed E-state index contributed by atoms with van der Waals surface area (Å²) in [6, 6.07) is 2.71. The van der Waals surface area contributed by atoms with E-state index in [1.807, 2.05) is 0 Å². The lowest BCUT2D eigenvalue weighted by molar-refractivity contribution is 0.584. The third-order valence-electron chi connectivity index (χ3n) is 1.12. The zero-order valence-corrected chi connectivity index (χ0v) is 6.38. The van der Waals surface area contributed by atoms with Crippen LogP contribution in [0.3, 0.4) is 0 Å². The van der Waals surface area contributed by atoms with Crippen molar-refractivity contribution >= 4 is 10.0 Å². The predicted octanol–water partition coefficient (Wildman–Crippen LogP) is -0.766. The molecule has 0 aliphatic heterocycles. The summed E-state index contributed by atoms with van der Waals surface area (Å²) in [5, 5.41) is 0. The molecular formula is C5H7N3O2S. The number of nitrogens with zero attached hydrogens (tertiary/aromatic N) is 1. The topological polar surface area (TPSA) is 85.1 Å². The van der Waals surface area contributed by atoms with Crippen LogP contribution in [-0.2, 0) is 10.0 Å². The first-order valence-corrected chi connectivity index (χ1v) is 4.27. The smallest absolute Gasteiger partial charge is 0.253 e. The van der Waals surface area contributed by atoms with E-state index in [1.54, 1.807) is 4.83 Å². The molecule has 0 fully saturated rings. The van der Waals surface area contributed by atoms with Crippen molar-refractivity contribution in [3.63, 3.8) is 0 Å². The van der Waals surface area contributed by atoms with Gasteiger partial charge in [-0.1, -0.05) is 0 Å². The Morgan fingerprint density at radius 1 is 1.36 bits per heavy atom. The first-order chi connectivity index (χ1) is 5.17. The molecule has 1 rings (SSSR count).